The quantitative estimate of drug-likeness (QED) is 0.604. The number of sulfonamides is 1. The van der Waals surface area contributed by atoms with Gasteiger partial charge in [0.25, 0.3) is 0 Å². The Morgan fingerprint density at radius 1 is 1.16 bits per heavy atom. The molecule has 3 rings (SSSR count). The Morgan fingerprint density at radius 3 is 2.47 bits per heavy atom. The van der Waals surface area contributed by atoms with Crippen molar-refractivity contribution in [2.75, 3.05) is 20.2 Å². The first-order valence-electron chi connectivity index (χ1n) is 11.4. The molecule has 0 spiro atoms. The van der Waals surface area contributed by atoms with Gasteiger partial charge in [-0.3, -0.25) is 4.79 Å². The molecule has 7 heteroatoms. The maximum atomic E-state index is 12.8. The standard InChI is InChI=1S/C25H34N2O4S/c1-5-27(6-2)32(29,30)23-13-10-19(11-14-23)18(3)26-25(28)17-21-9-7-8-20-16-22(31-4)12-15-24(20)21/h10-16,18,21H,5-9,17H2,1-4H3,(H,26,28). The summed E-state index contributed by atoms with van der Waals surface area (Å²) in [4.78, 5) is 13.1. The smallest absolute Gasteiger partial charge is 0.243 e. The van der Waals surface area contributed by atoms with Gasteiger partial charge in [-0.2, -0.15) is 4.31 Å². The number of benzene rings is 2. The Labute approximate surface area is 192 Å². The van der Waals surface area contributed by atoms with Crippen molar-refractivity contribution in [3.05, 3.63) is 59.2 Å². The lowest BCUT2D eigenvalue weighted by atomic mass is 9.81. The molecule has 1 amide bonds. The van der Waals surface area contributed by atoms with E-state index in [9.17, 15) is 13.2 Å². The van der Waals surface area contributed by atoms with E-state index in [4.69, 9.17) is 4.74 Å². The van der Waals surface area contributed by atoms with Crippen molar-refractivity contribution in [2.45, 2.75) is 63.3 Å². The summed E-state index contributed by atoms with van der Waals surface area (Å²) in [5, 5.41) is 3.08. The Hall–Kier alpha value is -2.38. The average Bonchev–Trinajstić information content (AvgIpc) is 2.79. The predicted octanol–water partition coefficient (Wildman–Crippen LogP) is 4.41. The second kappa shape index (κ2) is 10.5. The number of hydrogen-bond acceptors (Lipinski definition) is 4. The van der Waals surface area contributed by atoms with Crippen LogP contribution >= 0.6 is 0 Å². The molecule has 174 valence electrons. The van der Waals surface area contributed by atoms with Crippen LogP contribution in [0.5, 0.6) is 5.75 Å². The maximum Gasteiger partial charge on any atom is 0.243 e. The fraction of sp³-hybridized carbons (Fsp3) is 0.480. The summed E-state index contributed by atoms with van der Waals surface area (Å²) < 4.78 is 32.1. The Kier molecular flexibility index (Phi) is 7.96. The van der Waals surface area contributed by atoms with Crippen molar-refractivity contribution in [1.82, 2.24) is 9.62 Å². The molecule has 2 aromatic carbocycles. The highest BCUT2D eigenvalue weighted by atomic mass is 32.2. The molecule has 6 nitrogen and oxygen atoms in total. The molecule has 32 heavy (non-hydrogen) atoms. The minimum absolute atomic E-state index is 0.00556. The number of aryl methyl sites for hydroxylation is 1. The third-order valence-corrected chi connectivity index (χ3v) is 8.39. The molecule has 2 unspecified atom stereocenters. The van der Waals surface area contributed by atoms with E-state index in [0.29, 0.717) is 19.5 Å². The number of fused-ring (bicyclic) bond motifs is 1. The SMILES string of the molecule is CCN(CC)S(=O)(=O)c1ccc(C(C)NC(=O)CC2CCCc3cc(OC)ccc32)cc1. The molecule has 0 aliphatic heterocycles. The van der Waals surface area contributed by atoms with Crippen LogP contribution in [0.2, 0.25) is 0 Å². The van der Waals surface area contributed by atoms with Crippen molar-refractivity contribution in [1.29, 1.82) is 0 Å². The van der Waals surface area contributed by atoms with E-state index in [-0.39, 0.29) is 22.8 Å². The lowest BCUT2D eigenvalue weighted by Crippen LogP contribution is -2.31. The van der Waals surface area contributed by atoms with Gasteiger partial charge >= 0.3 is 0 Å². The molecular weight excluding hydrogens is 424 g/mol. The molecule has 0 radical (unpaired) electrons. The Morgan fingerprint density at radius 2 is 1.84 bits per heavy atom. The lowest BCUT2D eigenvalue weighted by molar-refractivity contribution is -0.122. The van der Waals surface area contributed by atoms with E-state index >= 15 is 0 Å². The Balaban J connectivity index is 1.64. The van der Waals surface area contributed by atoms with Gasteiger partial charge in [-0.1, -0.05) is 32.0 Å². The highest BCUT2D eigenvalue weighted by Crippen LogP contribution is 2.36. The van der Waals surface area contributed by atoms with E-state index < -0.39 is 10.0 Å². The topological polar surface area (TPSA) is 75.7 Å². The summed E-state index contributed by atoms with van der Waals surface area (Å²) in [5.74, 6) is 1.07. The summed E-state index contributed by atoms with van der Waals surface area (Å²) in [5.41, 5.74) is 3.39. The predicted molar refractivity (Wildman–Crippen MR) is 126 cm³/mol. The van der Waals surface area contributed by atoms with Crippen molar-refractivity contribution >= 4 is 15.9 Å². The van der Waals surface area contributed by atoms with Gasteiger partial charge in [0.05, 0.1) is 18.0 Å². The number of nitrogens with zero attached hydrogens (tertiary/aromatic N) is 1. The summed E-state index contributed by atoms with van der Waals surface area (Å²) in [6, 6.07) is 12.7. The van der Waals surface area contributed by atoms with Crippen LogP contribution in [0.15, 0.2) is 47.4 Å². The zero-order chi connectivity index (χ0) is 23.3. The van der Waals surface area contributed by atoms with E-state index in [1.807, 2.05) is 26.8 Å². The molecule has 0 heterocycles. The van der Waals surface area contributed by atoms with Crippen LogP contribution in [0.25, 0.3) is 0 Å². The van der Waals surface area contributed by atoms with Gasteiger partial charge in [0.2, 0.25) is 15.9 Å². The van der Waals surface area contributed by atoms with Gasteiger partial charge in [-0.25, -0.2) is 8.42 Å². The summed E-state index contributed by atoms with van der Waals surface area (Å²) in [6.45, 7) is 6.45. The zero-order valence-electron chi connectivity index (χ0n) is 19.4. The molecule has 0 bridgehead atoms. The Bertz CT molecular complexity index is 1030. The van der Waals surface area contributed by atoms with E-state index in [2.05, 4.69) is 17.4 Å². The number of ether oxygens (including phenoxy) is 1. The van der Waals surface area contributed by atoms with Crippen molar-refractivity contribution in [2.24, 2.45) is 0 Å². The van der Waals surface area contributed by atoms with Gasteiger partial charge in [0, 0.05) is 19.5 Å². The third-order valence-electron chi connectivity index (χ3n) is 6.32. The second-order valence-corrected chi connectivity index (χ2v) is 10.2. The van der Waals surface area contributed by atoms with Crippen LogP contribution in [0.1, 0.15) is 68.7 Å². The molecular formula is C25H34N2O4S. The number of hydrogen-bond donors (Lipinski definition) is 1. The average molecular weight is 459 g/mol. The molecule has 1 N–H and O–H groups in total. The fourth-order valence-corrected chi connectivity index (χ4v) is 5.94. The van der Waals surface area contributed by atoms with E-state index in [0.717, 1.165) is 30.6 Å². The van der Waals surface area contributed by atoms with Gasteiger partial charge in [-0.05, 0) is 73.1 Å². The maximum absolute atomic E-state index is 12.8. The van der Waals surface area contributed by atoms with Gasteiger partial charge in [0.15, 0.2) is 0 Å². The number of carbonyl (C=O) groups excluding carboxylic acids is 1. The minimum atomic E-state index is -3.48. The molecule has 1 aliphatic carbocycles. The van der Waals surface area contributed by atoms with Crippen LogP contribution in [0, 0.1) is 0 Å². The van der Waals surface area contributed by atoms with Crippen molar-refractivity contribution in [3.63, 3.8) is 0 Å². The fourth-order valence-electron chi connectivity index (χ4n) is 4.48. The summed E-state index contributed by atoms with van der Waals surface area (Å²) in [6.07, 6.45) is 3.52. The van der Waals surface area contributed by atoms with Gasteiger partial charge in [-0.15, -0.1) is 0 Å². The highest BCUT2D eigenvalue weighted by Gasteiger charge is 2.25. The van der Waals surface area contributed by atoms with Crippen molar-refractivity contribution in [3.8, 4) is 5.75 Å². The number of nitrogens with one attached hydrogen (secondary N) is 1. The minimum Gasteiger partial charge on any atom is -0.497 e. The van der Waals surface area contributed by atoms with Crippen LogP contribution in [-0.4, -0.2) is 38.8 Å². The normalized spacial score (nSPS) is 17.0. The van der Waals surface area contributed by atoms with E-state index in [1.54, 1.807) is 31.4 Å². The largest absolute Gasteiger partial charge is 0.497 e. The number of rotatable bonds is 9. The molecule has 2 atom stereocenters. The molecule has 1 aliphatic rings. The van der Waals surface area contributed by atoms with Crippen LogP contribution in [0.3, 0.4) is 0 Å². The summed E-state index contributed by atoms with van der Waals surface area (Å²) in [7, 11) is -1.81. The van der Waals surface area contributed by atoms with Gasteiger partial charge < -0.3 is 10.1 Å². The van der Waals surface area contributed by atoms with Crippen LogP contribution in [-0.2, 0) is 21.2 Å². The molecule has 0 aromatic heterocycles. The van der Waals surface area contributed by atoms with E-state index in [1.165, 1.54) is 15.4 Å². The molecule has 0 saturated heterocycles. The molecule has 2 aromatic rings. The monoisotopic (exact) mass is 458 g/mol. The van der Waals surface area contributed by atoms with Crippen LogP contribution < -0.4 is 10.1 Å². The van der Waals surface area contributed by atoms with Crippen molar-refractivity contribution < 1.29 is 17.9 Å². The first kappa shape index (κ1) is 24.3. The van der Waals surface area contributed by atoms with Gasteiger partial charge in [0.1, 0.15) is 5.75 Å². The third kappa shape index (κ3) is 5.33. The number of methoxy groups -OCH3 is 1. The molecule has 0 saturated carbocycles. The lowest BCUT2D eigenvalue weighted by Gasteiger charge is -2.26. The van der Waals surface area contributed by atoms with Crippen LogP contribution in [0.4, 0.5) is 0 Å². The summed E-state index contributed by atoms with van der Waals surface area (Å²) >= 11 is 0. The highest BCUT2D eigenvalue weighted by molar-refractivity contribution is 7.89. The number of amides is 1. The number of carbonyl (C=O) groups is 1. The molecule has 0 fully saturated rings. The second-order valence-electron chi connectivity index (χ2n) is 8.31. The zero-order valence-corrected chi connectivity index (χ0v) is 20.2. The first-order valence-corrected chi connectivity index (χ1v) is 12.8. The first-order chi connectivity index (χ1) is 15.3.